The minimum absolute atomic E-state index is 0.0221. The van der Waals surface area contributed by atoms with Crippen LogP contribution in [0.15, 0.2) is 42.5 Å². The summed E-state index contributed by atoms with van der Waals surface area (Å²) in [6.07, 6.45) is -4.67. The zero-order valence-electron chi connectivity index (χ0n) is 12.9. The van der Waals surface area contributed by atoms with E-state index >= 15 is 0 Å². The number of benzene rings is 2. The Morgan fingerprint density at radius 1 is 1.15 bits per heavy atom. The molecule has 2 aromatic carbocycles. The second-order valence-electron chi connectivity index (χ2n) is 5.82. The molecule has 1 atom stereocenters. The lowest BCUT2D eigenvalue weighted by atomic mass is 10.0. The summed E-state index contributed by atoms with van der Waals surface area (Å²) in [7, 11) is 0. The second kappa shape index (κ2) is 5.65. The van der Waals surface area contributed by atoms with Gasteiger partial charge in [-0.05, 0) is 24.3 Å². The average Bonchev–Trinajstić information content (AvgIpc) is 3.06. The molecule has 0 aliphatic carbocycles. The third kappa shape index (κ3) is 2.32. The summed E-state index contributed by atoms with van der Waals surface area (Å²) >= 11 is 6.76. The third-order valence-electron chi connectivity index (χ3n) is 4.33. The molecule has 0 bridgehead atoms. The number of thioether (sulfide) groups is 1. The Hall–Kier alpha value is -2.19. The lowest BCUT2D eigenvalue weighted by Crippen LogP contribution is -2.47. The van der Waals surface area contributed by atoms with Gasteiger partial charge in [0, 0.05) is 16.9 Å². The Kier molecular flexibility index (Phi) is 3.75. The molecule has 1 spiro atoms. The van der Waals surface area contributed by atoms with Gasteiger partial charge in [-0.15, -0.1) is 11.8 Å². The van der Waals surface area contributed by atoms with Gasteiger partial charge in [0.05, 0.1) is 16.3 Å². The van der Waals surface area contributed by atoms with Crippen LogP contribution in [0.4, 0.5) is 24.5 Å². The Balaban J connectivity index is 1.91. The molecule has 0 saturated carbocycles. The van der Waals surface area contributed by atoms with Crippen molar-refractivity contribution in [2.75, 3.05) is 16.0 Å². The zero-order chi connectivity index (χ0) is 18.7. The van der Waals surface area contributed by atoms with Crippen LogP contribution < -0.4 is 10.2 Å². The van der Waals surface area contributed by atoms with Crippen molar-refractivity contribution in [2.24, 2.45) is 0 Å². The fourth-order valence-electron chi connectivity index (χ4n) is 3.25. The van der Waals surface area contributed by atoms with Gasteiger partial charge >= 0.3 is 6.18 Å². The van der Waals surface area contributed by atoms with Crippen molar-refractivity contribution in [1.82, 2.24) is 0 Å². The van der Waals surface area contributed by atoms with Crippen LogP contribution in [0.2, 0.25) is 5.02 Å². The highest BCUT2D eigenvalue weighted by Gasteiger charge is 2.58. The standard InChI is InChI=1S/C17H10ClF3N2O2S/c18-12-6-5-9(7-11(12)17(19,20)21)23-14(24)8-26-16(23)10-3-1-2-4-13(10)22-15(16)25/h1-7H,8H2,(H,22,25). The Morgan fingerprint density at radius 3 is 2.62 bits per heavy atom. The second-order valence-corrected chi connectivity index (χ2v) is 7.40. The maximum Gasteiger partial charge on any atom is 0.417 e. The van der Waals surface area contributed by atoms with Gasteiger partial charge in [-0.25, -0.2) is 0 Å². The van der Waals surface area contributed by atoms with E-state index in [4.69, 9.17) is 11.6 Å². The normalized spacial score (nSPS) is 22.1. The molecule has 1 saturated heterocycles. The van der Waals surface area contributed by atoms with Gasteiger partial charge in [-0.1, -0.05) is 29.8 Å². The molecule has 4 rings (SSSR count). The fraction of sp³-hybridized carbons (Fsp3) is 0.176. The molecule has 26 heavy (non-hydrogen) atoms. The van der Waals surface area contributed by atoms with Crippen molar-refractivity contribution in [3.8, 4) is 0 Å². The molecular weight excluding hydrogens is 389 g/mol. The lowest BCUT2D eigenvalue weighted by molar-refractivity contribution is -0.137. The van der Waals surface area contributed by atoms with Gasteiger partial charge in [0.25, 0.3) is 5.91 Å². The number of hydrogen-bond donors (Lipinski definition) is 1. The van der Waals surface area contributed by atoms with E-state index < -0.39 is 33.4 Å². The van der Waals surface area contributed by atoms with Crippen molar-refractivity contribution in [2.45, 2.75) is 11.0 Å². The summed E-state index contributed by atoms with van der Waals surface area (Å²) in [5, 5.41) is 2.24. The first-order chi connectivity index (χ1) is 12.2. The number of nitrogens with one attached hydrogen (secondary N) is 1. The largest absolute Gasteiger partial charge is 0.417 e. The number of carbonyl (C=O) groups excluding carboxylic acids is 2. The van der Waals surface area contributed by atoms with E-state index in [1.54, 1.807) is 24.3 Å². The van der Waals surface area contributed by atoms with E-state index in [0.717, 1.165) is 28.8 Å². The van der Waals surface area contributed by atoms with E-state index in [1.165, 1.54) is 6.07 Å². The average molecular weight is 399 g/mol. The van der Waals surface area contributed by atoms with Crippen LogP contribution in [0.1, 0.15) is 11.1 Å². The number of rotatable bonds is 1. The predicted molar refractivity (Wildman–Crippen MR) is 93.1 cm³/mol. The van der Waals surface area contributed by atoms with E-state index in [1.807, 2.05) is 0 Å². The zero-order valence-corrected chi connectivity index (χ0v) is 14.5. The topological polar surface area (TPSA) is 49.4 Å². The summed E-state index contributed by atoms with van der Waals surface area (Å²) < 4.78 is 39.7. The molecule has 1 unspecified atom stereocenters. The van der Waals surface area contributed by atoms with Crippen LogP contribution in [0.5, 0.6) is 0 Å². The summed E-state index contributed by atoms with van der Waals surface area (Å²) in [5.41, 5.74) is 0.00542. The maximum atomic E-state index is 13.2. The first-order valence-corrected chi connectivity index (χ1v) is 8.86. The lowest BCUT2D eigenvalue weighted by Gasteiger charge is -2.32. The van der Waals surface area contributed by atoms with Crippen LogP contribution in [-0.4, -0.2) is 17.6 Å². The minimum Gasteiger partial charge on any atom is -0.323 e. The van der Waals surface area contributed by atoms with Gasteiger partial charge in [0.1, 0.15) is 0 Å². The molecule has 4 nitrogen and oxygen atoms in total. The van der Waals surface area contributed by atoms with Gasteiger partial charge in [0.15, 0.2) is 0 Å². The van der Waals surface area contributed by atoms with Crippen LogP contribution in [0.25, 0.3) is 0 Å². The maximum absolute atomic E-state index is 13.2. The number of hydrogen-bond acceptors (Lipinski definition) is 3. The quantitative estimate of drug-likeness (QED) is 0.781. The Morgan fingerprint density at radius 2 is 1.88 bits per heavy atom. The molecule has 2 aliphatic heterocycles. The first kappa shape index (κ1) is 17.2. The summed E-state index contributed by atoms with van der Waals surface area (Å²) in [6.45, 7) is 0. The summed E-state index contributed by atoms with van der Waals surface area (Å²) in [5.74, 6) is -0.929. The monoisotopic (exact) mass is 398 g/mol. The van der Waals surface area contributed by atoms with E-state index in [0.29, 0.717) is 11.3 Å². The number of anilines is 2. The number of nitrogens with zero attached hydrogens (tertiary/aromatic N) is 1. The molecule has 1 N–H and O–H groups in total. The smallest absolute Gasteiger partial charge is 0.323 e. The Labute approximate surface area is 155 Å². The first-order valence-electron chi connectivity index (χ1n) is 7.50. The van der Waals surface area contributed by atoms with Crippen LogP contribution in [-0.2, 0) is 20.6 Å². The molecule has 2 heterocycles. The molecule has 2 amide bonds. The third-order valence-corrected chi connectivity index (χ3v) is 6.06. The predicted octanol–water partition coefficient (Wildman–Crippen LogP) is 4.24. The SMILES string of the molecule is O=C1CSC2(C(=O)Nc3ccccc32)N1c1ccc(Cl)c(C(F)(F)F)c1. The van der Waals surface area contributed by atoms with Crippen molar-refractivity contribution in [3.05, 3.63) is 58.6 Å². The van der Waals surface area contributed by atoms with E-state index in [9.17, 15) is 22.8 Å². The van der Waals surface area contributed by atoms with Crippen molar-refractivity contribution >= 4 is 46.6 Å². The molecule has 1 fully saturated rings. The van der Waals surface area contributed by atoms with Gasteiger partial charge < -0.3 is 5.32 Å². The highest BCUT2D eigenvalue weighted by atomic mass is 35.5. The van der Waals surface area contributed by atoms with Crippen molar-refractivity contribution in [3.63, 3.8) is 0 Å². The number of fused-ring (bicyclic) bond motifs is 2. The van der Waals surface area contributed by atoms with Gasteiger partial charge in [-0.2, -0.15) is 13.2 Å². The van der Waals surface area contributed by atoms with Crippen LogP contribution >= 0.6 is 23.4 Å². The van der Waals surface area contributed by atoms with Crippen molar-refractivity contribution in [1.29, 1.82) is 0 Å². The van der Waals surface area contributed by atoms with Gasteiger partial charge in [-0.3, -0.25) is 14.5 Å². The number of para-hydroxylation sites is 1. The summed E-state index contributed by atoms with van der Waals surface area (Å²) in [6, 6.07) is 10.0. The Bertz CT molecular complexity index is 950. The molecule has 0 radical (unpaired) electrons. The van der Waals surface area contributed by atoms with Crippen LogP contribution in [0, 0.1) is 0 Å². The molecule has 0 aromatic heterocycles. The van der Waals surface area contributed by atoms with Crippen LogP contribution in [0.3, 0.4) is 0 Å². The molecule has 2 aromatic rings. The molecular formula is C17H10ClF3N2O2S. The van der Waals surface area contributed by atoms with E-state index in [-0.39, 0.29) is 11.4 Å². The van der Waals surface area contributed by atoms with Crippen molar-refractivity contribution < 1.29 is 22.8 Å². The van der Waals surface area contributed by atoms with Gasteiger partial charge in [0.2, 0.25) is 10.8 Å². The van der Waals surface area contributed by atoms with E-state index in [2.05, 4.69) is 5.32 Å². The fourth-order valence-corrected chi connectivity index (χ4v) is 4.79. The molecule has 134 valence electrons. The number of amides is 2. The molecule has 2 aliphatic rings. The highest BCUT2D eigenvalue weighted by Crippen LogP contribution is 2.54. The number of alkyl halides is 3. The number of carbonyl (C=O) groups is 2. The summed E-state index contributed by atoms with van der Waals surface area (Å²) in [4.78, 5) is 25.0. The minimum atomic E-state index is -4.67. The molecule has 9 heteroatoms. The number of halogens is 4. The highest BCUT2D eigenvalue weighted by molar-refractivity contribution is 8.02.